The van der Waals surface area contributed by atoms with Crippen LogP contribution in [0.4, 0.5) is 22.0 Å². The molecule has 4 aromatic rings. The Hall–Kier alpha value is -4.07. The topological polar surface area (TPSA) is 108 Å². The minimum Gasteiger partial charge on any atom is -0.453 e. The minimum atomic E-state index is -0.499. The maximum absolute atomic E-state index is 11.3. The van der Waals surface area contributed by atoms with Crippen LogP contribution in [-0.4, -0.2) is 33.6 Å². The van der Waals surface area contributed by atoms with E-state index < -0.39 is 6.09 Å². The van der Waals surface area contributed by atoms with Gasteiger partial charge in [0.2, 0.25) is 0 Å². The second kappa shape index (κ2) is 8.12. The number of carbonyl (C=O) groups excluding carboxylic acids is 1. The molecule has 0 bridgehead atoms. The van der Waals surface area contributed by atoms with E-state index >= 15 is 0 Å². The van der Waals surface area contributed by atoms with E-state index in [9.17, 15) is 4.79 Å². The van der Waals surface area contributed by atoms with E-state index in [1.165, 1.54) is 7.11 Å². The van der Waals surface area contributed by atoms with Crippen molar-refractivity contribution in [3.63, 3.8) is 0 Å². The molecule has 1 amide bonds. The van der Waals surface area contributed by atoms with E-state index in [1.807, 2.05) is 38.2 Å². The van der Waals surface area contributed by atoms with Crippen LogP contribution in [0.25, 0.3) is 22.4 Å². The minimum absolute atomic E-state index is 0.499. The number of ether oxygens (including phenoxy) is 1. The first-order valence-electron chi connectivity index (χ1n) is 9.42. The summed E-state index contributed by atoms with van der Waals surface area (Å²) in [6, 6.07) is 15.8. The smallest absolute Gasteiger partial charge is 0.411 e. The molecule has 8 heteroatoms. The standard InChI is InChI=1S/C22H22N6O2/c1-13-10-17(24-22(29)30-3)8-9-19(13)25-21-11-20(27-28-21)16-6-4-15(5-7-16)18-12-23-26-14(18)2/h4-12H,1-3H3,(H,23,26)(H,24,29)(H2,25,27,28). The summed E-state index contributed by atoms with van der Waals surface area (Å²) in [5.41, 5.74) is 7.72. The van der Waals surface area contributed by atoms with E-state index in [0.717, 1.165) is 39.3 Å². The monoisotopic (exact) mass is 402 g/mol. The maximum Gasteiger partial charge on any atom is 0.411 e. The summed E-state index contributed by atoms with van der Waals surface area (Å²) in [5, 5.41) is 20.4. The van der Waals surface area contributed by atoms with Crippen molar-refractivity contribution in [1.29, 1.82) is 0 Å². The summed E-state index contributed by atoms with van der Waals surface area (Å²) in [4.78, 5) is 11.3. The van der Waals surface area contributed by atoms with E-state index in [4.69, 9.17) is 0 Å². The molecule has 0 saturated carbocycles. The van der Waals surface area contributed by atoms with Crippen LogP contribution in [0, 0.1) is 13.8 Å². The van der Waals surface area contributed by atoms with Crippen molar-refractivity contribution in [2.45, 2.75) is 13.8 Å². The van der Waals surface area contributed by atoms with E-state index in [-0.39, 0.29) is 0 Å². The molecule has 2 aromatic heterocycles. The lowest BCUT2D eigenvalue weighted by atomic mass is 10.0. The summed E-state index contributed by atoms with van der Waals surface area (Å²) in [6.45, 7) is 3.96. The van der Waals surface area contributed by atoms with Gasteiger partial charge in [0.1, 0.15) is 0 Å². The third-order valence-electron chi connectivity index (χ3n) is 4.84. The number of aryl methyl sites for hydroxylation is 2. The van der Waals surface area contributed by atoms with Crippen LogP contribution in [0.1, 0.15) is 11.3 Å². The largest absolute Gasteiger partial charge is 0.453 e. The molecule has 0 atom stereocenters. The predicted octanol–water partition coefficient (Wildman–Crippen LogP) is 5.01. The zero-order chi connectivity index (χ0) is 21.1. The van der Waals surface area contributed by atoms with Gasteiger partial charge in [-0.25, -0.2) is 4.79 Å². The quantitative estimate of drug-likeness (QED) is 0.375. The number of hydrogen-bond donors (Lipinski definition) is 4. The van der Waals surface area contributed by atoms with Gasteiger partial charge < -0.3 is 10.1 Å². The van der Waals surface area contributed by atoms with Gasteiger partial charge in [-0.1, -0.05) is 24.3 Å². The first kappa shape index (κ1) is 19.3. The second-order valence-corrected chi connectivity index (χ2v) is 6.92. The van der Waals surface area contributed by atoms with Crippen LogP contribution in [0.5, 0.6) is 0 Å². The Morgan fingerprint density at radius 2 is 1.77 bits per heavy atom. The van der Waals surface area contributed by atoms with E-state index in [2.05, 4.69) is 60.0 Å². The molecule has 4 N–H and O–H groups in total. The molecule has 2 aromatic carbocycles. The molecule has 0 aliphatic carbocycles. The summed E-state index contributed by atoms with van der Waals surface area (Å²) in [5.74, 6) is 0.705. The van der Waals surface area contributed by atoms with Gasteiger partial charge >= 0.3 is 6.09 Å². The number of anilines is 3. The molecular formula is C22H22N6O2. The average Bonchev–Trinajstić information content (AvgIpc) is 3.39. The number of methoxy groups -OCH3 is 1. The second-order valence-electron chi connectivity index (χ2n) is 6.92. The third-order valence-corrected chi connectivity index (χ3v) is 4.84. The van der Waals surface area contributed by atoms with Gasteiger partial charge in [-0.05, 0) is 48.7 Å². The van der Waals surface area contributed by atoms with Crippen molar-refractivity contribution in [3.8, 4) is 22.4 Å². The van der Waals surface area contributed by atoms with Crippen molar-refractivity contribution in [2.75, 3.05) is 17.7 Å². The SMILES string of the molecule is COC(=O)Nc1ccc(Nc2cc(-c3ccc(-c4cn[nH]c4C)cc3)[nH]n2)c(C)c1. The zero-order valence-corrected chi connectivity index (χ0v) is 16.9. The number of benzene rings is 2. The first-order valence-corrected chi connectivity index (χ1v) is 9.42. The highest BCUT2D eigenvalue weighted by Crippen LogP contribution is 2.28. The number of nitrogens with one attached hydrogen (secondary N) is 4. The highest BCUT2D eigenvalue weighted by molar-refractivity contribution is 5.85. The van der Waals surface area contributed by atoms with Crippen LogP contribution in [0.3, 0.4) is 0 Å². The number of carbonyl (C=O) groups is 1. The molecule has 0 fully saturated rings. The normalized spacial score (nSPS) is 10.6. The molecule has 152 valence electrons. The van der Waals surface area contributed by atoms with Crippen LogP contribution in [-0.2, 0) is 4.74 Å². The van der Waals surface area contributed by atoms with Crippen molar-refractivity contribution >= 4 is 23.3 Å². The summed E-state index contributed by atoms with van der Waals surface area (Å²) in [7, 11) is 1.33. The lowest BCUT2D eigenvalue weighted by Gasteiger charge is -2.10. The van der Waals surface area contributed by atoms with Crippen LogP contribution in [0.15, 0.2) is 54.7 Å². The molecule has 8 nitrogen and oxygen atoms in total. The molecule has 2 heterocycles. The van der Waals surface area contributed by atoms with Crippen molar-refractivity contribution < 1.29 is 9.53 Å². The number of rotatable bonds is 5. The Kier molecular flexibility index (Phi) is 5.21. The summed E-state index contributed by atoms with van der Waals surface area (Å²) in [6.07, 6.45) is 1.33. The van der Waals surface area contributed by atoms with Gasteiger partial charge in [-0.3, -0.25) is 15.5 Å². The van der Waals surface area contributed by atoms with Crippen LogP contribution < -0.4 is 10.6 Å². The van der Waals surface area contributed by atoms with E-state index in [1.54, 1.807) is 6.07 Å². The fraction of sp³-hybridized carbons (Fsp3) is 0.136. The van der Waals surface area contributed by atoms with Gasteiger partial charge in [-0.15, -0.1) is 0 Å². The molecule has 0 unspecified atom stereocenters. The zero-order valence-electron chi connectivity index (χ0n) is 16.9. The number of amides is 1. The third kappa shape index (κ3) is 4.02. The van der Waals surface area contributed by atoms with Gasteiger partial charge in [0.15, 0.2) is 5.82 Å². The highest BCUT2D eigenvalue weighted by Gasteiger charge is 2.09. The summed E-state index contributed by atoms with van der Waals surface area (Å²) >= 11 is 0. The highest BCUT2D eigenvalue weighted by atomic mass is 16.5. The fourth-order valence-corrected chi connectivity index (χ4v) is 3.19. The Morgan fingerprint density at radius 3 is 2.43 bits per heavy atom. The number of aromatic amines is 2. The van der Waals surface area contributed by atoms with Crippen LogP contribution >= 0.6 is 0 Å². The fourth-order valence-electron chi connectivity index (χ4n) is 3.19. The molecule has 0 aliphatic heterocycles. The Labute approximate surface area is 173 Å². The number of hydrogen-bond acceptors (Lipinski definition) is 5. The molecule has 30 heavy (non-hydrogen) atoms. The molecule has 0 spiro atoms. The molecule has 0 saturated heterocycles. The lowest BCUT2D eigenvalue weighted by molar-refractivity contribution is 0.187. The van der Waals surface area contributed by atoms with E-state index in [0.29, 0.717) is 11.5 Å². The summed E-state index contributed by atoms with van der Waals surface area (Å²) < 4.78 is 4.61. The number of nitrogens with zero attached hydrogens (tertiary/aromatic N) is 2. The van der Waals surface area contributed by atoms with Gasteiger partial charge in [-0.2, -0.15) is 10.2 Å². The average molecular weight is 402 g/mol. The van der Waals surface area contributed by atoms with Gasteiger partial charge in [0.05, 0.1) is 19.0 Å². The maximum atomic E-state index is 11.3. The van der Waals surface area contributed by atoms with Crippen molar-refractivity contribution in [3.05, 3.63) is 66.0 Å². The Bertz CT molecular complexity index is 1180. The Morgan fingerprint density at radius 1 is 1.00 bits per heavy atom. The molecule has 0 radical (unpaired) electrons. The Balaban J connectivity index is 1.48. The van der Waals surface area contributed by atoms with Gasteiger partial charge in [0, 0.05) is 28.7 Å². The predicted molar refractivity (Wildman–Crippen MR) is 117 cm³/mol. The van der Waals surface area contributed by atoms with Crippen LogP contribution in [0.2, 0.25) is 0 Å². The molecular weight excluding hydrogens is 380 g/mol. The van der Waals surface area contributed by atoms with Crippen molar-refractivity contribution in [1.82, 2.24) is 20.4 Å². The van der Waals surface area contributed by atoms with Gasteiger partial charge in [0.25, 0.3) is 0 Å². The van der Waals surface area contributed by atoms with Crippen molar-refractivity contribution in [2.24, 2.45) is 0 Å². The number of H-pyrrole nitrogens is 2. The molecule has 4 rings (SSSR count). The first-order chi connectivity index (χ1) is 14.5. The number of aromatic nitrogens is 4. The lowest BCUT2D eigenvalue weighted by Crippen LogP contribution is -2.11. The molecule has 0 aliphatic rings.